The second kappa shape index (κ2) is 7.46. The first-order chi connectivity index (χ1) is 12.2. The molecule has 25 heavy (non-hydrogen) atoms. The van der Waals surface area contributed by atoms with Crippen LogP contribution in [0.4, 0.5) is 0 Å². The Hall–Kier alpha value is -1.40. The molecule has 1 aliphatic heterocycles. The third kappa shape index (κ3) is 3.90. The lowest BCUT2D eigenvalue weighted by atomic mass is 9.95. The zero-order valence-electron chi connectivity index (χ0n) is 14.7. The van der Waals surface area contributed by atoms with Crippen LogP contribution in [0.25, 0.3) is 0 Å². The van der Waals surface area contributed by atoms with Crippen molar-refractivity contribution in [3.63, 3.8) is 0 Å². The van der Waals surface area contributed by atoms with E-state index >= 15 is 0 Å². The van der Waals surface area contributed by atoms with E-state index in [0.717, 1.165) is 56.7 Å². The van der Waals surface area contributed by atoms with E-state index in [1.165, 1.54) is 24.2 Å². The summed E-state index contributed by atoms with van der Waals surface area (Å²) < 4.78 is 0. The highest BCUT2D eigenvalue weighted by atomic mass is 32.1. The van der Waals surface area contributed by atoms with Crippen molar-refractivity contribution >= 4 is 23.2 Å². The summed E-state index contributed by atoms with van der Waals surface area (Å²) in [5.74, 6) is 0.847. The van der Waals surface area contributed by atoms with Crippen LogP contribution in [-0.2, 0) is 4.79 Å². The Morgan fingerprint density at radius 1 is 1.08 bits per heavy atom. The van der Waals surface area contributed by atoms with E-state index in [-0.39, 0.29) is 17.9 Å². The van der Waals surface area contributed by atoms with Gasteiger partial charge in [-0.05, 0) is 43.0 Å². The number of carbonyl (C=O) groups is 2. The van der Waals surface area contributed by atoms with Crippen LogP contribution in [0.15, 0.2) is 17.5 Å². The average molecular weight is 362 g/mol. The Labute approximate surface area is 153 Å². The molecule has 2 saturated carbocycles. The van der Waals surface area contributed by atoms with E-state index in [2.05, 4.69) is 10.2 Å². The Morgan fingerprint density at radius 3 is 2.40 bits per heavy atom. The lowest BCUT2D eigenvalue weighted by molar-refractivity contribution is -0.129. The molecule has 0 aromatic carbocycles. The maximum Gasteiger partial charge on any atom is 0.264 e. The van der Waals surface area contributed by atoms with E-state index in [9.17, 15) is 9.59 Å². The molecule has 2 heterocycles. The van der Waals surface area contributed by atoms with Crippen LogP contribution in [-0.4, -0.2) is 59.9 Å². The van der Waals surface area contributed by atoms with Crippen LogP contribution in [0.3, 0.4) is 0 Å². The van der Waals surface area contributed by atoms with E-state index in [0.29, 0.717) is 12.0 Å². The Morgan fingerprint density at radius 2 is 1.80 bits per heavy atom. The number of piperazine rings is 1. The number of rotatable bonds is 5. The summed E-state index contributed by atoms with van der Waals surface area (Å²) in [7, 11) is 0. The van der Waals surface area contributed by atoms with Crippen molar-refractivity contribution in [2.24, 2.45) is 5.92 Å². The minimum atomic E-state index is 0.00194. The normalized spacial score (nSPS) is 23.6. The molecular formula is C19H27N3O2S. The molecule has 3 fully saturated rings. The van der Waals surface area contributed by atoms with Gasteiger partial charge in [0, 0.05) is 32.2 Å². The number of hydrogen-bond donors (Lipinski definition) is 1. The molecule has 1 atom stereocenters. The molecule has 5 nitrogen and oxygen atoms in total. The van der Waals surface area contributed by atoms with Crippen molar-refractivity contribution in [1.29, 1.82) is 0 Å². The van der Waals surface area contributed by atoms with E-state index in [1.54, 1.807) is 0 Å². The lowest BCUT2D eigenvalue weighted by Gasteiger charge is -2.40. The first-order valence-electron chi connectivity index (χ1n) is 9.59. The number of thiophene rings is 1. The Balaban J connectivity index is 1.39. The summed E-state index contributed by atoms with van der Waals surface area (Å²) >= 11 is 1.50. The van der Waals surface area contributed by atoms with Crippen LogP contribution in [0.5, 0.6) is 0 Å². The van der Waals surface area contributed by atoms with Gasteiger partial charge >= 0.3 is 0 Å². The van der Waals surface area contributed by atoms with E-state index in [1.807, 2.05) is 22.4 Å². The van der Waals surface area contributed by atoms with Gasteiger partial charge < -0.3 is 10.2 Å². The van der Waals surface area contributed by atoms with Crippen LogP contribution >= 0.6 is 11.3 Å². The Bertz CT molecular complexity index is 600. The molecular weight excluding hydrogens is 334 g/mol. The Kier molecular flexibility index (Phi) is 5.08. The largest absolute Gasteiger partial charge is 0.352 e. The maximum absolute atomic E-state index is 12.9. The highest BCUT2D eigenvalue weighted by molar-refractivity contribution is 7.12. The topological polar surface area (TPSA) is 52.7 Å². The molecule has 136 valence electrons. The number of amides is 2. The smallest absolute Gasteiger partial charge is 0.264 e. The molecule has 0 radical (unpaired) electrons. The number of nitrogens with zero attached hydrogens (tertiary/aromatic N) is 2. The molecule has 1 N–H and O–H groups in total. The fourth-order valence-electron chi connectivity index (χ4n) is 4.22. The molecule has 1 unspecified atom stereocenters. The monoisotopic (exact) mass is 361 g/mol. The average Bonchev–Trinajstić information content (AvgIpc) is 3.08. The summed E-state index contributed by atoms with van der Waals surface area (Å²) in [6, 6.07) is 4.23. The van der Waals surface area contributed by atoms with Gasteiger partial charge in [-0.1, -0.05) is 18.9 Å². The lowest BCUT2D eigenvalue weighted by Crippen LogP contribution is -2.58. The van der Waals surface area contributed by atoms with Crippen LogP contribution in [0.2, 0.25) is 0 Å². The molecule has 4 rings (SSSR count). The molecule has 1 aromatic heterocycles. The number of nitrogens with one attached hydrogen (secondary N) is 1. The fourth-order valence-corrected chi connectivity index (χ4v) is 4.92. The van der Waals surface area contributed by atoms with Crippen molar-refractivity contribution in [2.75, 3.05) is 26.2 Å². The van der Waals surface area contributed by atoms with Gasteiger partial charge in [0.15, 0.2) is 0 Å². The zero-order chi connectivity index (χ0) is 17.2. The first kappa shape index (κ1) is 17.0. The van der Waals surface area contributed by atoms with Crippen molar-refractivity contribution in [3.05, 3.63) is 22.4 Å². The molecule has 0 spiro atoms. The summed E-state index contributed by atoms with van der Waals surface area (Å²) in [6.07, 6.45) is 7.08. The SMILES string of the molecule is O=C(NC1CC1)C(C1CCCC1)N1CCN(C(=O)c2cccs2)CC1. The van der Waals surface area contributed by atoms with Crippen molar-refractivity contribution in [2.45, 2.75) is 50.6 Å². The summed E-state index contributed by atoms with van der Waals surface area (Å²) in [5.41, 5.74) is 0. The van der Waals surface area contributed by atoms with Crippen LogP contribution in [0, 0.1) is 5.92 Å². The van der Waals surface area contributed by atoms with Gasteiger partial charge in [0.2, 0.25) is 5.91 Å². The maximum atomic E-state index is 12.9. The standard InChI is InChI=1S/C19H27N3O2S/c23-18(20-15-7-8-15)17(14-4-1-2-5-14)21-9-11-22(12-10-21)19(24)16-6-3-13-25-16/h3,6,13-15,17H,1-2,4-5,7-12H2,(H,20,23). The van der Waals surface area contributed by atoms with Gasteiger partial charge in [-0.25, -0.2) is 0 Å². The second-order valence-electron chi connectivity index (χ2n) is 7.58. The minimum Gasteiger partial charge on any atom is -0.352 e. The van der Waals surface area contributed by atoms with Gasteiger partial charge in [-0.2, -0.15) is 0 Å². The first-order valence-corrected chi connectivity index (χ1v) is 10.5. The number of carbonyl (C=O) groups excluding carboxylic acids is 2. The highest BCUT2D eigenvalue weighted by Gasteiger charge is 2.39. The summed E-state index contributed by atoms with van der Waals surface area (Å²) in [6.45, 7) is 3.04. The van der Waals surface area contributed by atoms with Gasteiger partial charge in [-0.15, -0.1) is 11.3 Å². The zero-order valence-corrected chi connectivity index (χ0v) is 15.5. The van der Waals surface area contributed by atoms with Crippen LogP contribution < -0.4 is 5.32 Å². The van der Waals surface area contributed by atoms with E-state index in [4.69, 9.17) is 0 Å². The van der Waals surface area contributed by atoms with Crippen molar-refractivity contribution in [1.82, 2.24) is 15.1 Å². The highest BCUT2D eigenvalue weighted by Crippen LogP contribution is 2.32. The molecule has 0 bridgehead atoms. The molecule has 1 aromatic rings. The van der Waals surface area contributed by atoms with Gasteiger partial charge in [-0.3, -0.25) is 14.5 Å². The number of hydrogen-bond acceptors (Lipinski definition) is 4. The molecule has 6 heteroatoms. The third-order valence-corrected chi connectivity index (χ3v) is 6.62. The van der Waals surface area contributed by atoms with Crippen LogP contribution in [0.1, 0.15) is 48.2 Å². The molecule has 3 aliphatic rings. The van der Waals surface area contributed by atoms with Gasteiger partial charge in [0.1, 0.15) is 0 Å². The van der Waals surface area contributed by atoms with E-state index < -0.39 is 0 Å². The molecule has 2 aliphatic carbocycles. The fraction of sp³-hybridized carbons (Fsp3) is 0.684. The molecule has 2 amide bonds. The summed E-state index contributed by atoms with van der Waals surface area (Å²) in [4.78, 5) is 30.5. The quantitative estimate of drug-likeness (QED) is 0.876. The minimum absolute atomic E-state index is 0.00194. The third-order valence-electron chi connectivity index (χ3n) is 5.77. The predicted molar refractivity (Wildman–Crippen MR) is 98.7 cm³/mol. The molecule has 1 saturated heterocycles. The van der Waals surface area contributed by atoms with Crippen molar-refractivity contribution < 1.29 is 9.59 Å². The van der Waals surface area contributed by atoms with Crippen molar-refractivity contribution in [3.8, 4) is 0 Å². The van der Waals surface area contributed by atoms with Gasteiger partial charge in [0.25, 0.3) is 5.91 Å². The second-order valence-corrected chi connectivity index (χ2v) is 8.53. The predicted octanol–water partition coefficient (Wildman–Crippen LogP) is 2.34. The summed E-state index contributed by atoms with van der Waals surface area (Å²) in [5, 5.41) is 5.17. The van der Waals surface area contributed by atoms with Gasteiger partial charge in [0.05, 0.1) is 10.9 Å².